The van der Waals surface area contributed by atoms with Gasteiger partial charge in [0.2, 0.25) is 0 Å². The molecule has 3 aromatic rings. The molecule has 1 atom stereocenters. The van der Waals surface area contributed by atoms with Gasteiger partial charge in [0.1, 0.15) is 12.4 Å². The molecule has 0 aliphatic carbocycles. The van der Waals surface area contributed by atoms with E-state index >= 15 is 0 Å². The van der Waals surface area contributed by atoms with Crippen molar-refractivity contribution in [1.82, 2.24) is 4.90 Å². The van der Waals surface area contributed by atoms with Gasteiger partial charge < -0.3 is 14.2 Å². The number of hydrogen-bond donors (Lipinski definition) is 0. The second-order valence-corrected chi connectivity index (χ2v) is 8.05. The predicted molar refractivity (Wildman–Crippen MR) is 117 cm³/mol. The largest absolute Gasteiger partial charge is 0.493 e. The Morgan fingerprint density at radius 3 is 2.47 bits per heavy atom. The Labute approximate surface area is 178 Å². The maximum atomic E-state index is 6.08. The molecular weight excluding hydrogens is 374 g/mol. The predicted octanol–water partition coefficient (Wildman–Crippen LogP) is 4.94. The highest BCUT2D eigenvalue weighted by molar-refractivity contribution is 5.51. The molecule has 154 valence electrons. The van der Waals surface area contributed by atoms with Crippen molar-refractivity contribution in [3.05, 3.63) is 88.5 Å². The number of fused-ring (bicyclic) bond motifs is 4. The maximum Gasteiger partial charge on any atom is 0.161 e. The summed E-state index contributed by atoms with van der Waals surface area (Å²) in [6.45, 7) is 2.64. The van der Waals surface area contributed by atoms with Gasteiger partial charge in [-0.25, -0.2) is 0 Å². The fourth-order valence-electron chi connectivity index (χ4n) is 4.71. The third kappa shape index (κ3) is 3.52. The highest BCUT2D eigenvalue weighted by Gasteiger charge is 2.33. The molecule has 0 unspecified atom stereocenters. The molecule has 4 heteroatoms. The van der Waals surface area contributed by atoms with Crippen LogP contribution in [0.4, 0.5) is 0 Å². The minimum absolute atomic E-state index is 0.366. The first kappa shape index (κ1) is 19.0. The van der Waals surface area contributed by atoms with Crippen LogP contribution < -0.4 is 14.2 Å². The highest BCUT2D eigenvalue weighted by Crippen LogP contribution is 2.42. The monoisotopic (exact) mass is 401 g/mol. The molecule has 0 saturated carbocycles. The van der Waals surface area contributed by atoms with Crippen molar-refractivity contribution in [2.24, 2.45) is 0 Å². The summed E-state index contributed by atoms with van der Waals surface area (Å²) in [6.07, 6.45) is 2.03. The molecule has 0 saturated heterocycles. The Morgan fingerprint density at radius 1 is 0.867 bits per heavy atom. The quantitative estimate of drug-likeness (QED) is 0.606. The van der Waals surface area contributed by atoms with E-state index in [-0.39, 0.29) is 0 Å². The van der Waals surface area contributed by atoms with Crippen LogP contribution in [0.15, 0.2) is 60.7 Å². The molecule has 0 spiro atoms. The zero-order valence-electron chi connectivity index (χ0n) is 17.6. The fourth-order valence-corrected chi connectivity index (χ4v) is 4.71. The van der Waals surface area contributed by atoms with Gasteiger partial charge in [0.05, 0.1) is 14.2 Å². The first-order valence-electron chi connectivity index (χ1n) is 10.5. The van der Waals surface area contributed by atoms with Crippen LogP contribution in [0, 0.1) is 0 Å². The standard InChI is InChI=1S/C26H27NO3/c1-28-25-14-19-10-11-27-16-20-8-9-22(30-17-18-6-4-3-5-7-18)12-21(20)13-24(27)23(19)15-26(25)29-2/h3-9,12,14-15,24H,10-11,13,16-17H2,1-2H3/t24-/m0/s1. The summed E-state index contributed by atoms with van der Waals surface area (Å²) in [7, 11) is 3.41. The lowest BCUT2D eigenvalue weighted by Gasteiger charge is -2.41. The van der Waals surface area contributed by atoms with Gasteiger partial charge in [0.25, 0.3) is 0 Å². The summed E-state index contributed by atoms with van der Waals surface area (Å²) in [5.74, 6) is 2.57. The third-order valence-corrected chi connectivity index (χ3v) is 6.33. The Bertz CT molecular complexity index is 1050. The summed E-state index contributed by atoms with van der Waals surface area (Å²) in [5.41, 5.74) is 6.70. The molecule has 0 radical (unpaired) electrons. The second-order valence-electron chi connectivity index (χ2n) is 8.05. The molecule has 0 aromatic heterocycles. The molecule has 2 heterocycles. The molecule has 3 aromatic carbocycles. The lowest BCUT2D eigenvalue weighted by Crippen LogP contribution is -2.39. The maximum absolute atomic E-state index is 6.08. The lowest BCUT2D eigenvalue weighted by atomic mass is 9.84. The van der Waals surface area contributed by atoms with Crippen LogP contribution in [-0.4, -0.2) is 25.7 Å². The number of rotatable bonds is 5. The number of ether oxygens (including phenoxy) is 3. The Morgan fingerprint density at radius 2 is 1.67 bits per heavy atom. The van der Waals surface area contributed by atoms with E-state index in [1.807, 2.05) is 18.2 Å². The van der Waals surface area contributed by atoms with E-state index in [4.69, 9.17) is 14.2 Å². The lowest BCUT2D eigenvalue weighted by molar-refractivity contribution is 0.160. The van der Waals surface area contributed by atoms with Crippen molar-refractivity contribution >= 4 is 0 Å². The minimum Gasteiger partial charge on any atom is -0.493 e. The van der Waals surface area contributed by atoms with Crippen molar-refractivity contribution in [1.29, 1.82) is 0 Å². The van der Waals surface area contributed by atoms with Gasteiger partial charge in [0, 0.05) is 19.1 Å². The van der Waals surface area contributed by atoms with Gasteiger partial charge in [-0.3, -0.25) is 4.90 Å². The highest BCUT2D eigenvalue weighted by atomic mass is 16.5. The topological polar surface area (TPSA) is 30.9 Å². The van der Waals surface area contributed by atoms with Gasteiger partial charge in [0.15, 0.2) is 11.5 Å². The number of nitrogens with zero attached hydrogens (tertiary/aromatic N) is 1. The van der Waals surface area contributed by atoms with E-state index in [1.54, 1.807) is 14.2 Å². The first-order valence-corrected chi connectivity index (χ1v) is 10.5. The third-order valence-electron chi connectivity index (χ3n) is 6.33. The van der Waals surface area contributed by atoms with Crippen LogP contribution in [0.5, 0.6) is 17.2 Å². The van der Waals surface area contributed by atoms with Crippen molar-refractivity contribution < 1.29 is 14.2 Å². The van der Waals surface area contributed by atoms with Crippen molar-refractivity contribution in [3.8, 4) is 17.2 Å². The Kier molecular flexibility index (Phi) is 5.09. The van der Waals surface area contributed by atoms with E-state index in [2.05, 4.69) is 47.4 Å². The van der Waals surface area contributed by atoms with E-state index in [0.717, 1.165) is 43.2 Å². The van der Waals surface area contributed by atoms with E-state index in [9.17, 15) is 0 Å². The summed E-state index contributed by atoms with van der Waals surface area (Å²) < 4.78 is 17.2. The zero-order chi connectivity index (χ0) is 20.5. The molecular formula is C26H27NO3. The minimum atomic E-state index is 0.366. The molecule has 30 heavy (non-hydrogen) atoms. The first-order chi connectivity index (χ1) is 14.7. The van der Waals surface area contributed by atoms with Gasteiger partial charge >= 0.3 is 0 Å². The van der Waals surface area contributed by atoms with Crippen LogP contribution in [0.2, 0.25) is 0 Å². The number of benzene rings is 3. The smallest absolute Gasteiger partial charge is 0.161 e. The second kappa shape index (κ2) is 8.04. The normalized spacial score (nSPS) is 17.5. The average Bonchev–Trinajstić information content (AvgIpc) is 2.81. The number of hydrogen-bond acceptors (Lipinski definition) is 4. The Balaban J connectivity index is 1.40. The summed E-state index contributed by atoms with van der Waals surface area (Å²) in [5, 5.41) is 0. The molecule has 0 fully saturated rings. The van der Waals surface area contributed by atoms with Crippen LogP contribution >= 0.6 is 0 Å². The van der Waals surface area contributed by atoms with Crippen LogP contribution in [0.3, 0.4) is 0 Å². The zero-order valence-corrected chi connectivity index (χ0v) is 17.6. The van der Waals surface area contributed by atoms with Gasteiger partial charge in [-0.1, -0.05) is 36.4 Å². The van der Waals surface area contributed by atoms with Crippen molar-refractivity contribution in [3.63, 3.8) is 0 Å². The molecule has 0 N–H and O–H groups in total. The molecule has 4 nitrogen and oxygen atoms in total. The summed E-state index contributed by atoms with van der Waals surface area (Å²) >= 11 is 0. The van der Waals surface area contributed by atoms with Gasteiger partial charge in [-0.15, -0.1) is 0 Å². The van der Waals surface area contributed by atoms with Gasteiger partial charge in [-0.2, -0.15) is 0 Å². The number of methoxy groups -OCH3 is 2. The molecule has 2 aliphatic rings. The van der Waals surface area contributed by atoms with E-state index < -0.39 is 0 Å². The van der Waals surface area contributed by atoms with Gasteiger partial charge in [-0.05, 0) is 64.9 Å². The molecule has 0 bridgehead atoms. The van der Waals surface area contributed by atoms with E-state index in [1.165, 1.54) is 27.8 Å². The van der Waals surface area contributed by atoms with Crippen LogP contribution in [-0.2, 0) is 26.0 Å². The van der Waals surface area contributed by atoms with Crippen LogP contribution in [0.25, 0.3) is 0 Å². The van der Waals surface area contributed by atoms with E-state index in [0.29, 0.717) is 12.6 Å². The molecule has 0 amide bonds. The molecule has 2 aliphatic heterocycles. The fraction of sp³-hybridized carbons (Fsp3) is 0.308. The van der Waals surface area contributed by atoms with Crippen molar-refractivity contribution in [2.45, 2.75) is 32.0 Å². The SMILES string of the molecule is COc1cc2c(cc1OC)[C@@H]1Cc3cc(OCc4ccccc4)ccc3CN1CC2. The summed E-state index contributed by atoms with van der Waals surface area (Å²) in [4.78, 5) is 2.58. The van der Waals surface area contributed by atoms with Crippen LogP contribution in [0.1, 0.15) is 33.9 Å². The molecule has 5 rings (SSSR count). The average molecular weight is 402 g/mol. The summed E-state index contributed by atoms with van der Waals surface area (Å²) in [6, 6.07) is 21.6. The Hall–Kier alpha value is -2.98. The van der Waals surface area contributed by atoms with Crippen molar-refractivity contribution in [2.75, 3.05) is 20.8 Å².